The minimum Gasteiger partial charge on any atom is -0.323 e. The second-order valence-corrected chi connectivity index (χ2v) is 6.72. The van der Waals surface area contributed by atoms with E-state index in [4.69, 9.17) is 25.4 Å². The number of hydrogen-bond acceptors (Lipinski definition) is 5. The summed E-state index contributed by atoms with van der Waals surface area (Å²) in [5.74, 6) is -0.208. The minimum atomic E-state index is -3.63. The first-order chi connectivity index (χ1) is 7.55. The van der Waals surface area contributed by atoms with Crippen LogP contribution in [0.2, 0.25) is 0 Å². The summed E-state index contributed by atoms with van der Waals surface area (Å²) < 4.78 is 39.1. The van der Waals surface area contributed by atoms with Crippen LogP contribution in [0.1, 0.15) is 20.8 Å². The molecule has 5 nitrogen and oxygen atoms in total. The van der Waals surface area contributed by atoms with Gasteiger partial charge in [0.2, 0.25) is 0 Å². The van der Waals surface area contributed by atoms with Gasteiger partial charge in [0.05, 0.1) is 13.2 Å². The van der Waals surface area contributed by atoms with Crippen molar-refractivity contribution in [1.82, 2.24) is 0 Å². The van der Waals surface area contributed by atoms with E-state index in [1.165, 1.54) is 0 Å². The Morgan fingerprint density at radius 2 is 1.69 bits per heavy atom. The third kappa shape index (κ3) is 3.49. The smallest absolute Gasteiger partial charge is 0.323 e. The third-order valence-corrected chi connectivity index (χ3v) is 6.65. The van der Waals surface area contributed by atoms with Gasteiger partial charge in [0.25, 0.3) is 0 Å². The van der Waals surface area contributed by atoms with E-state index in [1.807, 2.05) is 0 Å². The fraction of sp³-hybridized carbons (Fsp3) is 1.00. The van der Waals surface area contributed by atoms with Crippen molar-refractivity contribution < 1.29 is 22.9 Å². The molecule has 96 valence electrons. The molecule has 0 aromatic heterocycles. The fourth-order valence-electron chi connectivity index (χ4n) is 1.13. The highest BCUT2D eigenvalue weighted by Gasteiger charge is 2.60. The lowest BCUT2D eigenvalue weighted by Crippen LogP contribution is -2.30. The van der Waals surface area contributed by atoms with Gasteiger partial charge in [0, 0.05) is 6.61 Å². The van der Waals surface area contributed by atoms with Gasteiger partial charge in [0.1, 0.15) is 5.88 Å². The summed E-state index contributed by atoms with van der Waals surface area (Å²) in [4.78, 5) is 0. The van der Waals surface area contributed by atoms with Gasteiger partial charge in [-0.05, 0) is 20.8 Å². The molecule has 0 fully saturated rings. The van der Waals surface area contributed by atoms with Crippen LogP contribution in [0, 0.1) is 0 Å². The molecule has 0 aromatic rings. The summed E-state index contributed by atoms with van der Waals surface area (Å²) >= 11 is 5.71. The lowest BCUT2D eigenvalue weighted by molar-refractivity contribution is 0.0655. The van der Waals surface area contributed by atoms with Crippen molar-refractivity contribution in [2.45, 2.75) is 25.9 Å². The van der Waals surface area contributed by atoms with E-state index in [9.17, 15) is 9.13 Å². The third-order valence-electron chi connectivity index (χ3n) is 1.76. The maximum Gasteiger partial charge on any atom is 0.413 e. The van der Waals surface area contributed by atoms with E-state index in [0.29, 0.717) is 0 Å². The standard InChI is InChI=1S/C8H17ClO5P2/c1-4-12-8(7-9,15-10)16(11,13-5-2)14-6-3/h4-7H2,1-3H3/p+1. The molecular weight excluding hydrogens is 273 g/mol. The average molecular weight is 292 g/mol. The van der Waals surface area contributed by atoms with E-state index in [1.54, 1.807) is 20.8 Å². The molecule has 0 aromatic carbocycles. The van der Waals surface area contributed by atoms with Crippen LogP contribution in [0.15, 0.2) is 0 Å². The topological polar surface area (TPSA) is 61.8 Å². The van der Waals surface area contributed by atoms with E-state index >= 15 is 0 Å². The largest absolute Gasteiger partial charge is 0.413 e. The summed E-state index contributed by atoms with van der Waals surface area (Å²) in [5.41, 5.74) is 0. The molecule has 0 bridgehead atoms. The van der Waals surface area contributed by atoms with Crippen LogP contribution in [0.25, 0.3) is 0 Å². The van der Waals surface area contributed by atoms with Crippen LogP contribution in [0.5, 0.6) is 0 Å². The normalized spacial score (nSPS) is 16.2. The van der Waals surface area contributed by atoms with Gasteiger partial charge in [0.15, 0.2) is 0 Å². The highest BCUT2D eigenvalue weighted by molar-refractivity contribution is 7.64. The minimum absolute atomic E-state index is 0.174. The molecule has 0 N–H and O–H groups in total. The molecule has 0 saturated carbocycles. The maximum absolute atomic E-state index is 12.4. The van der Waals surface area contributed by atoms with Crippen LogP contribution >= 0.6 is 27.7 Å². The van der Waals surface area contributed by atoms with Gasteiger partial charge >= 0.3 is 21.1 Å². The molecule has 0 rings (SSSR count). The molecule has 16 heavy (non-hydrogen) atoms. The van der Waals surface area contributed by atoms with Crippen molar-refractivity contribution in [2.75, 3.05) is 25.7 Å². The molecule has 2 unspecified atom stereocenters. The zero-order valence-corrected chi connectivity index (χ0v) is 12.3. The molecule has 8 heteroatoms. The lowest BCUT2D eigenvalue weighted by atomic mass is 10.8. The predicted octanol–water partition coefficient (Wildman–Crippen LogP) is 3.21. The van der Waals surface area contributed by atoms with E-state index in [-0.39, 0.29) is 25.7 Å². The first-order valence-corrected chi connectivity index (χ1v) is 8.02. The van der Waals surface area contributed by atoms with Crippen LogP contribution in [-0.2, 0) is 22.9 Å². The molecule has 0 aliphatic rings. The van der Waals surface area contributed by atoms with Crippen LogP contribution in [0.3, 0.4) is 0 Å². The Morgan fingerprint density at radius 1 is 1.19 bits per heavy atom. The fourth-order valence-corrected chi connectivity index (χ4v) is 4.51. The molecule has 0 saturated heterocycles. The first-order valence-electron chi connectivity index (χ1n) is 5.04. The summed E-state index contributed by atoms with van der Waals surface area (Å²) in [5, 5.41) is -1.56. The number of alkyl halides is 1. The van der Waals surface area contributed by atoms with E-state index in [2.05, 4.69) is 0 Å². The molecule has 0 spiro atoms. The van der Waals surface area contributed by atoms with Crippen molar-refractivity contribution in [2.24, 2.45) is 0 Å². The number of rotatable bonds is 9. The Labute approximate surface area is 103 Å². The number of hydrogen-bond donors (Lipinski definition) is 0. The second kappa shape index (κ2) is 7.75. The molecule has 0 heterocycles. The van der Waals surface area contributed by atoms with Crippen LogP contribution in [0.4, 0.5) is 0 Å². The zero-order valence-electron chi connectivity index (χ0n) is 9.69. The van der Waals surface area contributed by atoms with Crippen molar-refractivity contribution in [3.8, 4) is 0 Å². The quantitative estimate of drug-likeness (QED) is 0.482. The van der Waals surface area contributed by atoms with Crippen molar-refractivity contribution in [3.63, 3.8) is 0 Å². The van der Waals surface area contributed by atoms with Crippen molar-refractivity contribution in [3.05, 3.63) is 0 Å². The van der Waals surface area contributed by atoms with Gasteiger partial charge in [-0.3, -0.25) is 4.57 Å². The summed E-state index contributed by atoms with van der Waals surface area (Å²) in [7, 11) is -4.65. The Kier molecular flexibility index (Phi) is 8.00. The summed E-state index contributed by atoms with van der Waals surface area (Å²) in [6.45, 7) is 5.62. The van der Waals surface area contributed by atoms with Crippen LogP contribution < -0.4 is 0 Å². The Morgan fingerprint density at radius 3 is 1.94 bits per heavy atom. The molecule has 2 atom stereocenters. The maximum atomic E-state index is 12.4. The lowest BCUT2D eigenvalue weighted by Gasteiger charge is -2.26. The highest BCUT2D eigenvalue weighted by atomic mass is 35.5. The van der Waals surface area contributed by atoms with Crippen molar-refractivity contribution >= 4 is 27.7 Å². The average Bonchev–Trinajstić information content (AvgIpc) is 2.26. The molecule has 0 amide bonds. The van der Waals surface area contributed by atoms with Gasteiger partial charge in [-0.15, -0.1) is 11.6 Å². The van der Waals surface area contributed by atoms with E-state index < -0.39 is 21.1 Å². The highest BCUT2D eigenvalue weighted by Crippen LogP contribution is 2.65. The number of halogens is 1. The van der Waals surface area contributed by atoms with Gasteiger partial charge in [-0.25, -0.2) is 0 Å². The second-order valence-electron chi connectivity index (χ2n) is 2.79. The predicted molar refractivity (Wildman–Crippen MR) is 64.9 cm³/mol. The van der Waals surface area contributed by atoms with Gasteiger partial charge in [-0.1, -0.05) is 4.57 Å². The van der Waals surface area contributed by atoms with E-state index in [0.717, 1.165) is 0 Å². The van der Waals surface area contributed by atoms with Gasteiger partial charge in [-0.2, -0.15) is 0 Å². The van der Waals surface area contributed by atoms with Crippen LogP contribution in [-0.4, -0.2) is 30.8 Å². The summed E-state index contributed by atoms with van der Waals surface area (Å²) in [6, 6.07) is 0. The van der Waals surface area contributed by atoms with Crippen molar-refractivity contribution in [1.29, 1.82) is 0 Å². The number of ether oxygens (including phenoxy) is 1. The molecule has 0 radical (unpaired) electrons. The molecule has 0 aliphatic carbocycles. The van der Waals surface area contributed by atoms with Gasteiger partial charge < -0.3 is 13.8 Å². The zero-order chi connectivity index (χ0) is 12.7. The Balaban J connectivity index is 5.22. The summed E-state index contributed by atoms with van der Waals surface area (Å²) in [6.07, 6.45) is 0. The molecule has 0 aliphatic heterocycles. The Bertz CT molecular complexity index is 253. The Hall–Kier alpha value is 0.500. The first kappa shape index (κ1) is 16.5. The molecular formula is C8H18ClO5P2+. The SMILES string of the molecule is CCOC(CCl)([PH+]=O)P(=O)(OCC)OCC. The monoisotopic (exact) mass is 291 g/mol.